The molecule has 2 rings (SSSR count). The number of hydrogen-bond acceptors (Lipinski definition) is 4. The van der Waals surface area contributed by atoms with E-state index in [2.05, 4.69) is 10.3 Å². The lowest BCUT2D eigenvalue weighted by atomic mass is 10.2. The van der Waals surface area contributed by atoms with Crippen molar-refractivity contribution in [2.24, 2.45) is 0 Å². The van der Waals surface area contributed by atoms with E-state index in [1.54, 1.807) is 6.07 Å². The molecule has 2 aromatic rings. The van der Waals surface area contributed by atoms with Crippen LogP contribution in [0.15, 0.2) is 30.5 Å². The molecule has 0 saturated carbocycles. The molecule has 4 nitrogen and oxygen atoms in total. The van der Waals surface area contributed by atoms with Crippen molar-refractivity contribution in [2.75, 3.05) is 11.1 Å². The molecule has 1 aromatic heterocycles. The second-order valence-corrected chi connectivity index (χ2v) is 3.87. The molecule has 0 aliphatic rings. The SMILES string of the molecule is N#Cc1ccnc(Nc2cccc(Cl)c2F)c1N. The highest BCUT2D eigenvalue weighted by Crippen LogP contribution is 2.27. The molecule has 0 amide bonds. The lowest BCUT2D eigenvalue weighted by Gasteiger charge is -2.10. The predicted octanol–water partition coefficient (Wildman–Crippen LogP) is 3.07. The van der Waals surface area contributed by atoms with Crippen LogP contribution in [0, 0.1) is 17.1 Å². The maximum Gasteiger partial charge on any atom is 0.165 e. The summed E-state index contributed by atoms with van der Waals surface area (Å²) in [6.45, 7) is 0. The molecule has 0 saturated heterocycles. The summed E-state index contributed by atoms with van der Waals surface area (Å²) in [7, 11) is 0. The molecule has 18 heavy (non-hydrogen) atoms. The van der Waals surface area contributed by atoms with Crippen molar-refractivity contribution >= 4 is 28.8 Å². The monoisotopic (exact) mass is 262 g/mol. The lowest BCUT2D eigenvalue weighted by Crippen LogP contribution is -2.02. The molecule has 1 heterocycles. The molecule has 0 radical (unpaired) electrons. The van der Waals surface area contributed by atoms with E-state index >= 15 is 0 Å². The fourth-order valence-corrected chi connectivity index (χ4v) is 1.57. The maximum atomic E-state index is 13.7. The second-order valence-electron chi connectivity index (χ2n) is 3.46. The fourth-order valence-electron chi connectivity index (χ4n) is 1.40. The van der Waals surface area contributed by atoms with Crippen molar-refractivity contribution < 1.29 is 4.39 Å². The third kappa shape index (κ3) is 2.19. The molecule has 0 spiro atoms. The Labute approximate surface area is 108 Å². The highest BCUT2D eigenvalue weighted by molar-refractivity contribution is 6.31. The zero-order chi connectivity index (χ0) is 13.1. The highest BCUT2D eigenvalue weighted by Gasteiger charge is 2.10. The highest BCUT2D eigenvalue weighted by atomic mass is 35.5. The lowest BCUT2D eigenvalue weighted by molar-refractivity contribution is 0.632. The first-order valence-electron chi connectivity index (χ1n) is 4.99. The molecule has 0 fully saturated rings. The second kappa shape index (κ2) is 4.90. The molecular weight excluding hydrogens is 255 g/mol. The van der Waals surface area contributed by atoms with Gasteiger partial charge in [0.25, 0.3) is 0 Å². The van der Waals surface area contributed by atoms with Crippen LogP contribution in [0.25, 0.3) is 0 Å². The van der Waals surface area contributed by atoms with E-state index in [1.807, 2.05) is 6.07 Å². The molecule has 6 heteroatoms. The van der Waals surface area contributed by atoms with Gasteiger partial charge in [0.15, 0.2) is 11.6 Å². The molecule has 3 N–H and O–H groups in total. The Morgan fingerprint density at radius 1 is 1.39 bits per heavy atom. The standard InChI is InChI=1S/C12H8ClFN4/c13-8-2-1-3-9(10(8)14)18-12-11(16)7(6-15)4-5-17-12/h1-5H,16H2,(H,17,18). The zero-order valence-corrected chi connectivity index (χ0v) is 9.87. The number of nitrogen functional groups attached to an aromatic ring is 1. The van der Waals surface area contributed by atoms with E-state index in [1.165, 1.54) is 24.4 Å². The largest absolute Gasteiger partial charge is 0.395 e. The summed E-state index contributed by atoms with van der Waals surface area (Å²) in [5.41, 5.74) is 6.32. The van der Waals surface area contributed by atoms with Gasteiger partial charge in [-0.05, 0) is 18.2 Å². The Bertz CT molecular complexity index is 636. The summed E-state index contributed by atoms with van der Waals surface area (Å²) in [6.07, 6.45) is 1.42. The number of nitriles is 1. The normalized spacial score (nSPS) is 9.83. The third-order valence-corrected chi connectivity index (χ3v) is 2.61. The van der Waals surface area contributed by atoms with Gasteiger partial charge in [0.1, 0.15) is 6.07 Å². The van der Waals surface area contributed by atoms with E-state index in [0.29, 0.717) is 0 Å². The number of benzene rings is 1. The van der Waals surface area contributed by atoms with Crippen molar-refractivity contribution in [1.29, 1.82) is 5.26 Å². The first-order valence-corrected chi connectivity index (χ1v) is 5.37. The summed E-state index contributed by atoms with van der Waals surface area (Å²) in [6, 6.07) is 7.94. The number of hydrogen-bond donors (Lipinski definition) is 2. The van der Waals surface area contributed by atoms with Gasteiger partial charge in [-0.2, -0.15) is 5.26 Å². The minimum atomic E-state index is -0.595. The van der Waals surface area contributed by atoms with Gasteiger partial charge in [-0.3, -0.25) is 0 Å². The zero-order valence-electron chi connectivity index (χ0n) is 9.11. The van der Waals surface area contributed by atoms with Crippen molar-refractivity contribution in [3.63, 3.8) is 0 Å². The number of anilines is 3. The van der Waals surface area contributed by atoms with Crippen LogP contribution in [0.1, 0.15) is 5.56 Å². The first kappa shape index (κ1) is 12.1. The number of rotatable bonds is 2. The summed E-state index contributed by atoms with van der Waals surface area (Å²) in [4.78, 5) is 3.96. The topological polar surface area (TPSA) is 74.7 Å². The Kier molecular flexibility index (Phi) is 3.31. The van der Waals surface area contributed by atoms with Crippen molar-refractivity contribution in [3.05, 3.63) is 46.9 Å². The Hall–Kier alpha value is -2.32. The minimum Gasteiger partial charge on any atom is -0.395 e. The van der Waals surface area contributed by atoms with Crippen LogP contribution in [-0.4, -0.2) is 4.98 Å². The number of aromatic nitrogens is 1. The van der Waals surface area contributed by atoms with Crippen LogP contribution in [0.4, 0.5) is 21.6 Å². The van der Waals surface area contributed by atoms with Crippen LogP contribution in [0.3, 0.4) is 0 Å². The van der Waals surface area contributed by atoms with E-state index < -0.39 is 5.82 Å². The molecule has 0 atom stereocenters. The van der Waals surface area contributed by atoms with E-state index in [4.69, 9.17) is 22.6 Å². The molecule has 0 aliphatic carbocycles. The number of nitrogens with zero attached hydrogens (tertiary/aromatic N) is 2. The average Bonchev–Trinajstić information content (AvgIpc) is 2.37. The van der Waals surface area contributed by atoms with E-state index in [-0.39, 0.29) is 27.8 Å². The molecule has 0 unspecified atom stereocenters. The number of nitrogens with two attached hydrogens (primary N) is 1. The summed E-state index contributed by atoms with van der Waals surface area (Å²) in [5.74, 6) is -0.377. The van der Waals surface area contributed by atoms with Gasteiger partial charge in [-0.25, -0.2) is 9.37 Å². The van der Waals surface area contributed by atoms with Crippen LogP contribution in [0.2, 0.25) is 5.02 Å². The molecule has 0 aliphatic heterocycles. The number of halogens is 2. The maximum absolute atomic E-state index is 13.7. The van der Waals surface area contributed by atoms with E-state index in [9.17, 15) is 4.39 Å². The summed E-state index contributed by atoms with van der Waals surface area (Å²) >= 11 is 5.66. The minimum absolute atomic E-state index is 0.00462. The van der Waals surface area contributed by atoms with E-state index in [0.717, 1.165) is 0 Å². The van der Waals surface area contributed by atoms with Gasteiger partial charge < -0.3 is 11.1 Å². The van der Waals surface area contributed by atoms with Crippen LogP contribution >= 0.6 is 11.6 Å². The molecular formula is C12H8ClFN4. The molecule has 0 bridgehead atoms. The number of pyridine rings is 1. The van der Waals surface area contributed by atoms with Crippen LogP contribution < -0.4 is 11.1 Å². The average molecular weight is 263 g/mol. The smallest absolute Gasteiger partial charge is 0.165 e. The Morgan fingerprint density at radius 3 is 2.89 bits per heavy atom. The molecule has 90 valence electrons. The van der Waals surface area contributed by atoms with Crippen LogP contribution in [0.5, 0.6) is 0 Å². The quantitative estimate of drug-likeness (QED) is 0.872. The summed E-state index contributed by atoms with van der Waals surface area (Å²) in [5, 5.41) is 11.5. The van der Waals surface area contributed by atoms with Crippen molar-refractivity contribution in [2.45, 2.75) is 0 Å². The van der Waals surface area contributed by atoms with Crippen LogP contribution in [-0.2, 0) is 0 Å². The van der Waals surface area contributed by atoms with Crippen molar-refractivity contribution in [1.82, 2.24) is 4.98 Å². The van der Waals surface area contributed by atoms with Gasteiger partial charge in [0.05, 0.1) is 22.0 Å². The number of nitrogens with one attached hydrogen (secondary N) is 1. The van der Waals surface area contributed by atoms with Gasteiger partial charge in [0, 0.05) is 6.20 Å². The predicted molar refractivity (Wildman–Crippen MR) is 68.1 cm³/mol. The Morgan fingerprint density at radius 2 is 2.17 bits per heavy atom. The van der Waals surface area contributed by atoms with Gasteiger partial charge in [-0.15, -0.1) is 0 Å². The Balaban J connectivity index is 2.41. The fraction of sp³-hybridized carbons (Fsp3) is 0. The van der Waals surface area contributed by atoms with Gasteiger partial charge >= 0.3 is 0 Å². The van der Waals surface area contributed by atoms with Gasteiger partial charge in [-0.1, -0.05) is 17.7 Å². The first-order chi connectivity index (χ1) is 8.63. The third-order valence-electron chi connectivity index (χ3n) is 2.32. The van der Waals surface area contributed by atoms with Gasteiger partial charge in [0.2, 0.25) is 0 Å². The van der Waals surface area contributed by atoms with Crippen molar-refractivity contribution in [3.8, 4) is 6.07 Å². The molecule has 1 aromatic carbocycles. The summed E-state index contributed by atoms with van der Waals surface area (Å²) < 4.78 is 13.7.